The molecule has 0 saturated carbocycles. The third-order valence-corrected chi connectivity index (χ3v) is 5.95. The van der Waals surface area contributed by atoms with Gasteiger partial charge in [0.15, 0.2) is 0 Å². The Balaban J connectivity index is 1.92. The van der Waals surface area contributed by atoms with Crippen molar-refractivity contribution < 1.29 is 4.55 Å². The Morgan fingerprint density at radius 1 is 1.50 bits per heavy atom. The standard InChI is InChI=1S/C14H21N3OS2/c1-10(17-20(18)14(2,3)4)12-9-16-13(19-12)11-6-5-7-15-8-11/h5-10,13,16-17H,1-4H3/t10-,13?,20?/m0/s1. The molecule has 0 aliphatic carbocycles. The molecule has 0 bridgehead atoms. The summed E-state index contributed by atoms with van der Waals surface area (Å²) in [7, 11) is 0. The predicted molar refractivity (Wildman–Crippen MR) is 86.3 cm³/mol. The number of thioether (sulfide) groups is 1. The van der Waals surface area contributed by atoms with Gasteiger partial charge >= 0.3 is 0 Å². The molecule has 0 radical (unpaired) electrons. The van der Waals surface area contributed by atoms with Crippen LogP contribution in [0, 0.1) is 0 Å². The molecule has 0 fully saturated rings. The van der Waals surface area contributed by atoms with E-state index in [1.165, 1.54) is 0 Å². The number of rotatable bonds is 4. The Bertz CT molecular complexity index is 473. The highest BCUT2D eigenvalue weighted by Gasteiger charge is 2.31. The minimum absolute atomic E-state index is 0.0641. The molecular weight excluding hydrogens is 290 g/mol. The van der Waals surface area contributed by atoms with Gasteiger partial charge in [-0.3, -0.25) is 4.98 Å². The highest BCUT2D eigenvalue weighted by molar-refractivity contribution is 8.03. The van der Waals surface area contributed by atoms with Gasteiger partial charge in [-0.1, -0.05) is 17.8 Å². The molecule has 0 amide bonds. The lowest BCUT2D eigenvalue weighted by Crippen LogP contribution is -2.43. The Morgan fingerprint density at radius 2 is 2.25 bits per heavy atom. The molecule has 3 atom stereocenters. The number of nitrogens with one attached hydrogen (secondary N) is 2. The maximum absolute atomic E-state index is 12.1. The summed E-state index contributed by atoms with van der Waals surface area (Å²) in [5.41, 5.74) is 1.15. The van der Waals surface area contributed by atoms with E-state index in [1.807, 2.05) is 46.2 Å². The van der Waals surface area contributed by atoms with Crippen molar-refractivity contribution in [2.45, 2.75) is 43.9 Å². The summed E-state index contributed by atoms with van der Waals surface area (Å²) in [6.45, 7) is 7.94. The zero-order valence-corrected chi connectivity index (χ0v) is 13.8. The van der Waals surface area contributed by atoms with Crippen LogP contribution in [0.15, 0.2) is 35.6 Å². The molecule has 20 heavy (non-hydrogen) atoms. The minimum Gasteiger partial charge on any atom is -0.598 e. The van der Waals surface area contributed by atoms with Gasteiger partial charge in [0.1, 0.15) is 10.1 Å². The van der Waals surface area contributed by atoms with Gasteiger partial charge in [-0.15, -0.1) is 4.72 Å². The van der Waals surface area contributed by atoms with Crippen LogP contribution in [0.5, 0.6) is 0 Å². The van der Waals surface area contributed by atoms with Crippen molar-refractivity contribution in [1.82, 2.24) is 15.0 Å². The quantitative estimate of drug-likeness (QED) is 0.837. The fraction of sp³-hybridized carbons (Fsp3) is 0.500. The summed E-state index contributed by atoms with van der Waals surface area (Å²) in [6.07, 6.45) is 5.64. The van der Waals surface area contributed by atoms with Crippen LogP contribution in [0.2, 0.25) is 0 Å². The van der Waals surface area contributed by atoms with E-state index >= 15 is 0 Å². The van der Waals surface area contributed by atoms with Gasteiger partial charge in [0, 0.05) is 40.4 Å². The van der Waals surface area contributed by atoms with Crippen molar-refractivity contribution >= 4 is 23.1 Å². The van der Waals surface area contributed by atoms with Crippen LogP contribution in [0.25, 0.3) is 0 Å². The van der Waals surface area contributed by atoms with E-state index in [2.05, 4.69) is 21.1 Å². The van der Waals surface area contributed by atoms with E-state index in [9.17, 15) is 4.55 Å². The molecule has 1 aromatic rings. The van der Waals surface area contributed by atoms with Gasteiger partial charge in [0.05, 0.1) is 6.04 Å². The average Bonchev–Trinajstić information content (AvgIpc) is 2.88. The Kier molecular flexibility index (Phi) is 5.01. The zero-order chi connectivity index (χ0) is 14.8. The predicted octanol–water partition coefficient (Wildman–Crippen LogP) is 2.70. The second-order valence-corrected chi connectivity index (χ2v) is 8.89. The molecule has 2 unspecified atom stereocenters. The van der Waals surface area contributed by atoms with Gasteiger partial charge in [-0.2, -0.15) is 0 Å². The van der Waals surface area contributed by atoms with Crippen LogP contribution in [0.1, 0.15) is 38.6 Å². The smallest absolute Gasteiger partial charge is 0.136 e. The molecule has 0 aromatic carbocycles. The van der Waals surface area contributed by atoms with Gasteiger partial charge in [-0.05, 0) is 33.8 Å². The summed E-state index contributed by atoms with van der Waals surface area (Å²) in [5.74, 6) is 0. The van der Waals surface area contributed by atoms with E-state index in [1.54, 1.807) is 18.0 Å². The molecule has 0 spiro atoms. The molecule has 1 aliphatic rings. The van der Waals surface area contributed by atoms with E-state index in [0.717, 1.165) is 10.5 Å². The first-order valence-corrected chi connectivity index (χ1v) is 8.61. The van der Waals surface area contributed by atoms with Crippen LogP contribution in [-0.4, -0.2) is 20.3 Å². The highest BCUT2D eigenvalue weighted by Crippen LogP contribution is 2.38. The average molecular weight is 311 g/mol. The molecule has 1 aliphatic heterocycles. The number of hydrogen-bond donors (Lipinski definition) is 2. The molecule has 0 saturated heterocycles. The molecule has 110 valence electrons. The lowest BCUT2D eigenvalue weighted by molar-refractivity contribution is 0.538. The SMILES string of the molecule is C[C@H](N[S+]([O-])C(C)(C)C)C1=CNC(c2cccnc2)S1. The Hall–Kier alpha value is -0.690. The molecule has 6 heteroatoms. The Labute approximate surface area is 128 Å². The van der Waals surface area contributed by atoms with Crippen LogP contribution >= 0.6 is 11.8 Å². The van der Waals surface area contributed by atoms with Crippen molar-refractivity contribution in [3.05, 3.63) is 41.2 Å². The third kappa shape index (κ3) is 3.91. The first-order valence-electron chi connectivity index (χ1n) is 6.58. The minimum atomic E-state index is -1.06. The molecule has 1 aromatic heterocycles. The molecule has 2 N–H and O–H groups in total. The second-order valence-electron chi connectivity index (χ2n) is 5.72. The monoisotopic (exact) mass is 311 g/mol. The second kappa shape index (κ2) is 6.39. The summed E-state index contributed by atoms with van der Waals surface area (Å²) in [6, 6.07) is 4.06. The molecule has 2 rings (SSSR count). The highest BCUT2D eigenvalue weighted by atomic mass is 32.2. The summed E-state index contributed by atoms with van der Waals surface area (Å²) in [4.78, 5) is 5.30. The maximum Gasteiger partial charge on any atom is 0.136 e. The number of aromatic nitrogens is 1. The third-order valence-electron chi connectivity index (χ3n) is 2.88. The first kappa shape index (κ1) is 15.7. The van der Waals surface area contributed by atoms with E-state index < -0.39 is 11.4 Å². The van der Waals surface area contributed by atoms with E-state index in [4.69, 9.17) is 0 Å². The van der Waals surface area contributed by atoms with Crippen molar-refractivity contribution in [3.8, 4) is 0 Å². The fourth-order valence-corrected chi connectivity index (χ4v) is 3.64. The summed E-state index contributed by atoms with van der Waals surface area (Å²) < 4.78 is 15.0. The van der Waals surface area contributed by atoms with Crippen molar-refractivity contribution in [2.24, 2.45) is 0 Å². The van der Waals surface area contributed by atoms with Crippen molar-refractivity contribution in [1.29, 1.82) is 0 Å². The fourth-order valence-electron chi connectivity index (χ4n) is 1.68. The topological polar surface area (TPSA) is 60.0 Å². The summed E-state index contributed by atoms with van der Waals surface area (Å²) in [5, 5.41) is 3.52. The van der Waals surface area contributed by atoms with Crippen molar-refractivity contribution in [2.75, 3.05) is 0 Å². The van der Waals surface area contributed by atoms with Crippen LogP contribution in [0.3, 0.4) is 0 Å². The summed E-state index contributed by atoms with van der Waals surface area (Å²) >= 11 is 0.674. The number of nitrogens with zero attached hydrogens (tertiary/aromatic N) is 1. The van der Waals surface area contributed by atoms with E-state index in [-0.39, 0.29) is 16.2 Å². The molecule has 4 nitrogen and oxygen atoms in total. The number of pyridine rings is 1. The van der Waals surface area contributed by atoms with Crippen LogP contribution in [0.4, 0.5) is 0 Å². The van der Waals surface area contributed by atoms with Gasteiger partial charge in [-0.25, -0.2) is 0 Å². The lowest BCUT2D eigenvalue weighted by Gasteiger charge is -2.26. The molecule has 2 heterocycles. The van der Waals surface area contributed by atoms with Crippen LogP contribution in [-0.2, 0) is 11.4 Å². The largest absolute Gasteiger partial charge is 0.598 e. The lowest BCUT2D eigenvalue weighted by atomic mass is 10.3. The number of hydrogen-bond acceptors (Lipinski definition) is 5. The van der Waals surface area contributed by atoms with Crippen molar-refractivity contribution in [3.63, 3.8) is 0 Å². The molecular formula is C14H21N3OS2. The Morgan fingerprint density at radius 3 is 2.85 bits per heavy atom. The van der Waals surface area contributed by atoms with E-state index in [0.29, 0.717) is 0 Å². The zero-order valence-electron chi connectivity index (χ0n) is 12.2. The van der Waals surface area contributed by atoms with Crippen LogP contribution < -0.4 is 10.0 Å². The normalized spacial score (nSPS) is 22.1. The van der Waals surface area contributed by atoms with Gasteiger partial charge in [0.25, 0.3) is 0 Å². The maximum atomic E-state index is 12.1. The first-order chi connectivity index (χ1) is 9.38. The van der Waals surface area contributed by atoms with Gasteiger partial charge in [0.2, 0.25) is 0 Å². The van der Waals surface area contributed by atoms with Gasteiger partial charge < -0.3 is 9.87 Å².